The first-order chi connectivity index (χ1) is 8.79. The minimum Gasteiger partial charge on any atom is -0.481 e. The van der Waals surface area contributed by atoms with Crippen molar-refractivity contribution in [1.29, 1.82) is 0 Å². The lowest BCUT2D eigenvalue weighted by Gasteiger charge is -2.34. The van der Waals surface area contributed by atoms with Crippen LogP contribution >= 0.6 is 0 Å². The molecule has 0 aliphatic heterocycles. The van der Waals surface area contributed by atoms with Crippen molar-refractivity contribution in [3.05, 3.63) is 12.7 Å². The summed E-state index contributed by atoms with van der Waals surface area (Å²) in [5.74, 6) is -0.780. The van der Waals surface area contributed by atoms with Crippen molar-refractivity contribution in [1.82, 2.24) is 4.90 Å². The molecule has 110 valence electrons. The summed E-state index contributed by atoms with van der Waals surface area (Å²) in [4.78, 5) is 23.9. The van der Waals surface area contributed by atoms with Crippen LogP contribution in [0.15, 0.2) is 12.7 Å². The fourth-order valence-corrected chi connectivity index (χ4v) is 1.63. The number of aliphatic carboxylic acids is 1. The summed E-state index contributed by atoms with van der Waals surface area (Å²) in [5.41, 5.74) is -0.314. The molecule has 0 aliphatic rings. The minimum absolute atomic E-state index is 0.177. The Labute approximate surface area is 115 Å². The van der Waals surface area contributed by atoms with Crippen LogP contribution in [0.4, 0.5) is 4.79 Å². The lowest BCUT2D eigenvalue weighted by molar-refractivity contribution is -0.137. The lowest BCUT2D eigenvalue weighted by Crippen LogP contribution is -2.46. The molecule has 0 heterocycles. The lowest BCUT2D eigenvalue weighted by atomic mass is 10.1. The third kappa shape index (κ3) is 8.24. The van der Waals surface area contributed by atoms with E-state index in [1.54, 1.807) is 4.90 Å². The molecule has 1 N–H and O–H groups in total. The highest BCUT2D eigenvalue weighted by molar-refractivity contribution is 5.68. The molecule has 5 heteroatoms. The normalized spacial score (nSPS) is 10.9. The van der Waals surface area contributed by atoms with Gasteiger partial charge in [-0.1, -0.05) is 19.1 Å². The monoisotopic (exact) mass is 271 g/mol. The zero-order valence-electron chi connectivity index (χ0n) is 12.1. The molecule has 0 spiro atoms. The number of carboxylic acids is 1. The maximum absolute atomic E-state index is 11.9. The van der Waals surface area contributed by atoms with E-state index in [0.29, 0.717) is 13.0 Å². The van der Waals surface area contributed by atoms with Crippen molar-refractivity contribution in [2.24, 2.45) is 0 Å². The zero-order chi connectivity index (χ0) is 14.9. The summed E-state index contributed by atoms with van der Waals surface area (Å²) < 4.78 is 5.05. The third-order valence-electron chi connectivity index (χ3n) is 2.63. The molecular formula is C14H25NO4. The summed E-state index contributed by atoms with van der Waals surface area (Å²) in [6.07, 6.45) is 3.55. The molecule has 0 aromatic carbocycles. The molecule has 0 radical (unpaired) electrons. The fraction of sp³-hybridized carbons (Fsp3) is 0.714. The van der Waals surface area contributed by atoms with Gasteiger partial charge in [0.05, 0.1) is 0 Å². The van der Waals surface area contributed by atoms with Crippen molar-refractivity contribution in [3.8, 4) is 0 Å². The Balaban J connectivity index is 4.18. The summed E-state index contributed by atoms with van der Waals surface area (Å²) >= 11 is 0. The number of carboxylic acid groups (broad SMARTS) is 1. The number of rotatable bonds is 8. The van der Waals surface area contributed by atoms with Crippen molar-refractivity contribution < 1.29 is 19.4 Å². The van der Waals surface area contributed by atoms with Gasteiger partial charge in [-0.25, -0.2) is 4.79 Å². The van der Waals surface area contributed by atoms with Crippen LogP contribution < -0.4 is 0 Å². The average Bonchev–Trinajstić information content (AvgIpc) is 2.28. The van der Waals surface area contributed by atoms with Gasteiger partial charge in [0, 0.05) is 18.5 Å². The van der Waals surface area contributed by atoms with E-state index in [1.165, 1.54) is 6.08 Å². The molecule has 0 aromatic rings. The molecule has 0 fully saturated rings. The van der Waals surface area contributed by atoms with Gasteiger partial charge in [0.2, 0.25) is 0 Å². The van der Waals surface area contributed by atoms with Gasteiger partial charge in [0.25, 0.3) is 0 Å². The second kappa shape index (κ2) is 8.56. The summed E-state index contributed by atoms with van der Waals surface area (Å²) in [7, 11) is 0. The highest BCUT2D eigenvalue weighted by Crippen LogP contribution is 2.16. The molecule has 0 aromatic heterocycles. The van der Waals surface area contributed by atoms with E-state index in [0.717, 1.165) is 12.8 Å². The molecule has 0 aliphatic carbocycles. The molecular weight excluding hydrogens is 246 g/mol. The van der Waals surface area contributed by atoms with E-state index in [9.17, 15) is 9.59 Å². The van der Waals surface area contributed by atoms with Crippen molar-refractivity contribution >= 4 is 12.1 Å². The predicted molar refractivity (Wildman–Crippen MR) is 74.1 cm³/mol. The van der Waals surface area contributed by atoms with E-state index >= 15 is 0 Å². The van der Waals surface area contributed by atoms with Crippen LogP contribution in [0.25, 0.3) is 0 Å². The van der Waals surface area contributed by atoms with E-state index in [1.807, 2.05) is 20.8 Å². The van der Waals surface area contributed by atoms with Crippen molar-refractivity contribution in [3.63, 3.8) is 0 Å². The molecule has 0 rings (SSSR count). The SMILES string of the molecule is C=CCOC(=O)N(CCCCCC(=O)O)C(C)(C)C. The number of unbranched alkanes of at least 4 members (excludes halogenated alkanes) is 2. The molecule has 1 amide bonds. The predicted octanol–water partition coefficient (Wildman–Crippen LogP) is 3.05. The average molecular weight is 271 g/mol. The first-order valence-corrected chi connectivity index (χ1v) is 6.56. The van der Waals surface area contributed by atoms with Gasteiger partial charge in [-0.05, 0) is 33.6 Å². The van der Waals surface area contributed by atoms with Gasteiger partial charge in [-0.3, -0.25) is 4.79 Å². The van der Waals surface area contributed by atoms with Crippen LogP contribution in [0.3, 0.4) is 0 Å². The first kappa shape index (κ1) is 17.5. The van der Waals surface area contributed by atoms with Gasteiger partial charge < -0.3 is 14.7 Å². The third-order valence-corrected chi connectivity index (χ3v) is 2.63. The van der Waals surface area contributed by atoms with E-state index in [4.69, 9.17) is 9.84 Å². The van der Waals surface area contributed by atoms with Gasteiger partial charge >= 0.3 is 12.1 Å². The number of hydrogen-bond donors (Lipinski definition) is 1. The quantitative estimate of drug-likeness (QED) is 0.544. The Morgan fingerprint density at radius 1 is 1.26 bits per heavy atom. The van der Waals surface area contributed by atoms with Crippen molar-refractivity contribution in [2.45, 2.75) is 52.0 Å². The second-order valence-corrected chi connectivity index (χ2v) is 5.39. The molecule has 0 unspecified atom stereocenters. The molecule has 0 bridgehead atoms. The van der Waals surface area contributed by atoms with Crippen LogP contribution in [0.2, 0.25) is 0 Å². The smallest absolute Gasteiger partial charge is 0.410 e. The van der Waals surface area contributed by atoms with Crippen LogP contribution in [0, 0.1) is 0 Å². The van der Waals surface area contributed by atoms with Gasteiger partial charge in [-0.2, -0.15) is 0 Å². The maximum Gasteiger partial charge on any atom is 0.410 e. The number of hydrogen-bond acceptors (Lipinski definition) is 3. The Kier molecular flexibility index (Phi) is 7.87. The summed E-state index contributed by atoms with van der Waals surface area (Å²) in [6.45, 7) is 10.1. The van der Waals surface area contributed by atoms with Gasteiger partial charge in [0.15, 0.2) is 0 Å². The Bertz CT molecular complexity index is 307. The Morgan fingerprint density at radius 3 is 2.37 bits per heavy atom. The zero-order valence-corrected chi connectivity index (χ0v) is 12.1. The first-order valence-electron chi connectivity index (χ1n) is 6.56. The molecule has 0 saturated heterocycles. The highest BCUT2D eigenvalue weighted by Gasteiger charge is 2.26. The molecule has 0 saturated carbocycles. The van der Waals surface area contributed by atoms with Crippen LogP contribution in [0.1, 0.15) is 46.5 Å². The minimum atomic E-state index is -0.780. The summed E-state index contributed by atoms with van der Waals surface area (Å²) in [5, 5.41) is 8.54. The van der Waals surface area contributed by atoms with E-state index < -0.39 is 5.97 Å². The molecule has 19 heavy (non-hydrogen) atoms. The number of nitrogens with zero attached hydrogens (tertiary/aromatic N) is 1. The molecule has 5 nitrogen and oxygen atoms in total. The van der Waals surface area contributed by atoms with Gasteiger partial charge in [-0.15, -0.1) is 0 Å². The number of carbonyl (C=O) groups excluding carboxylic acids is 1. The number of ether oxygens (including phenoxy) is 1. The van der Waals surface area contributed by atoms with Crippen molar-refractivity contribution in [2.75, 3.05) is 13.2 Å². The standard InChI is InChI=1S/C14H25NO4/c1-5-11-19-13(18)15(14(2,3)4)10-8-6-7-9-12(16)17/h5H,1,6-11H2,2-4H3,(H,16,17). The topological polar surface area (TPSA) is 66.8 Å². The van der Waals surface area contributed by atoms with Crippen LogP contribution in [-0.4, -0.2) is 40.8 Å². The van der Waals surface area contributed by atoms with Crippen LogP contribution in [-0.2, 0) is 9.53 Å². The Hall–Kier alpha value is -1.52. The summed E-state index contributed by atoms with van der Waals surface area (Å²) in [6, 6.07) is 0. The molecule has 0 atom stereocenters. The number of amides is 1. The van der Waals surface area contributed by atoms with E-state index in [-0.39, 0.29) is 24.7 Å². The number of carbonyl (C=O) groups is 2. The second-order valence-electron chi connectivity index (χ2n) is 5.39. The van der Waals surface area contributed by atoms with Crippen LogP contribution in [0.5, 0.6) is 0 Å². The fourth-order valence-electron chi connectivity index (χ4n) is 1.63. The Morgan fingerprint density at radius 2 is 1.89 bits per heavy atom. The maximum atomic E-state index is 11.9. The largest absolute Gasteiger partial charge is 0.481 e. The van der Waals surface area contributed by atoms with Gasteiger partial charge in [0.1, 0.15) is 6.61 Å². The highest BCUT2D eigenvalue weighted by atomic mass is 16.6. The van der Waals surface area contributed by atoms with E-state index in [2.05, 4.69) is 6.58 Å².